The van der Waals surface area contributed by atoms with Gasteiger partial charge in [-0.2, -0.15) is 12.7 Å². The second-order valence-electron chi connectivity index (χ2n) is 4.63. The Labute approximate surface area is 125 Å². The number of nitrogen functional groups attached to an aromatic ring is 1. The van der Waals surface area contributed by atoms with E-state index in [1.54, 1.807) is 26.0 Å². The average molecular weight is 315 g/mol. The van der Waals surface area contributed by atoms with Gasteiger partial charge in [0.25, 0.3) is 0 Å². The largest absolute Gasteiger partial charge is 0.489 e. The number of anilines is 2. The summed E-state index contributed by atoms with van der Waals surface area (Å²) >= 11 is 0. The van der Waals surface area contributed by atoms with Crippen LogP contribution in [0.15, 0.2) is 12.1 Å². The lowest BCUT2D eigenvalue weighted by molar-refractivity contribution is 0.297. The molecule has 0 radical (unpaired) electrons. The number of hydrogen-bond donors (Lipinski definition) is 2. The number of fused-ring (bicyclic) bond motifs is 1. The van der Waals surface area contributed by atoms with Gasteiger partial charge in [0.15, 0.2) is 11.5 Å². The van der Waals surface area contributed by atoms with Crippen LogP contribution in [0.4, 0.5) is 11.4 Å². The highest BCUT2D eigenvalue weighted by atomic mass is 32.2. The molecule has 0 saturated heterocycles. The van der Waals surface area contributed by atoms with Crippen molar-refractivity contribution in [3.8, 4) is 11.5 Å². The summed E-state index contributed by atoms with van der Waals surface area (Å²) in [6.07, 6.45) is 0.773. The molecule has 0 aromatic heterocycles. The molecule has 1 aromatic rings. The standard InChI is InChI=1S/C13H21N3O4S/c1-3-16(4-2)21(17,18)15-11-9-13-12(8-10(11)14)19-6-5-7-20-13/h8-9,15H,3-7,14H2,1-2H3. The molecule has 0 unspecified atom stereocenters. The lowest BCUT2D eigenvalue weighted by Gasteiger charge is -2.21. The Morgan fingerprint density at radius 2 is 1.76 bits per heavy atom. The molecule has 3 N–H and O–H groups in total. The van der Waals surface area contributed by atoms with Crippen molar-refractivity contribution in [2.24, 2.45) is 0 Å². The highest BCUT2D eigenvalue weighted by Gasteiger charge is 2.21. The van der Waals surface area contributed by atoms with Crippen LogP contribution >= 0.6 is 0 Å². The summed E-state index contributed by atoms with van der Waals surface area (Å²) in [4.78, 5) is 0. The molecule has 1 aliphatic rings. The molecule has 7 nitrogen and oxygen atoms in total. The zero-order valence-electron chi connectivity index (χ0n) is 12.3. The highest BCUT2D eigenvalue weighted by Crippen LogP contribution is 2.37. The number of ether oxygens (including phenoxy) is 2. The minimum Gasteiger partial charge on any atom is -0.489 e. The molecule has 1 aliphatic heterocycles. The van der Waals surface area contributed by atoms with Gasteiger partial charge < -0.3 is 15.2 Å². The molecule has 0 saturated carbocycles. The Morgan fingerprint density at radius 3 is 2.33 bits per heavy atom. The maximum absolute atomic E-state index is 12.2. The first-order valence-corrected chi connectivity index (χ1v) is 8.39. The van der Waals surface area contributed by atoms with Gasteiger partial charge >= 0.3 is 10.2 Å². The number of nitrogens with one attached hydrogen (secondary N) is 1. The van der Waals surface area contributed by atoms with Crippen LogP contribution in [0.2, 0.25) is 0 Å². The first kappa shape index (κ1) is 15.7. The summed E-state index contributed by atoms with van der Waals surface area (Å²) in [7, 11) is -3.63. The molecule has 118 valence electrons. The van der Waals surface area contributed by atoms with Crippen LogP contribution < -0.4 is 19.9 Å². The number of benzene rings is 1. The highest BCUT2D eigenvalue weighted by molar-refractivity contribution is 7.90. The van der Waals surface area contributed by atoms with Crippen LogP contribution in [-0.4, -0.2) is 39.0 Å². The second-order valence-corrected chi connectivity index (χ2v) is 6.30. The normalized spacial score (nSPS) is 14.8. The van der Waals surface area contributed by atoms with E-state index in [-0.39, 0.29) is 0 Å². The Morgan fingerprint density at radius 1 is 1.19 bits per heavy atom. The van der Waals surface area contributed by atoms with Gasteiger partial charge in [-0.3, -0.25) is 4.72 Å². The summed E-state index contributed by atoms with van der Waals surface area (Å²) in [6.45, 7) is 5.41. The third-order valence-electron chi connectivity index (χ3n) is 3.20. The molecule has 0 fully saturated rings. The predicted molar refractivity (Wildman–Crippen MR) is 81.9 cm³/mol. The van der Waals surface area contributed by atoms with E-state index in [9.17, 15) is 8.42 Å². The molecule has 0 spiro atoms. The van der Waals surface area contributed by atoms with Crippen molar-refractivity contribution in [3.63, 3.8) is 0 Å². The van der Waals surface area contributed by atoms with Crippen molar-refractivity contribution >= 4 is 21.6 Å². The Balaban J connectivity index is 2.30. The van der Waals surface area contributed by atoms with Crippen molar-refractivity contribution in [2.45, 2.75) is 20.3 Å². The van der Waals surface area contributed by atoms with Gasteiger partial charge in [-0.25, -0.2) is 0 Å². The molecule has 21 heavy (non-hydrogen) atoms. The molecule has 0 amide bonds. The van der Waals surface area contributed by atoms with Gasteiger partial charge in [0.2, 0.25) is 0 Å². The fourth-order valence-corrected chi connectivity index (χ4v) is 3.34. The van der Waals surface area contributed by atoms with Gasteiger partial charge in [-0.05, 0) is 0 Å². The number of hydrogen-bond acceptors (Lipinski definition) is 5. The van der Waals surface area contributed by atoms with E-state index in [2.05, 4.69) is 4.72 Å². The first-order valence-electron chi connectivity index (χ1n) is 6.95. The van der Waals surface area contributed by atoms with Gasteiger partial charge in [-0.1, -0.05) is 13.8 Å². The third kappa shape index (κ3) is 3.51. The minimum atomic E-state index is -3.63. The zero-order valence-corrected chi connectivity index (χ0v) is 13.1. The third-order valence-corrected chi connectivity index (χ3v) is 4.88. The topological polar surface area (TPSA) is 93.9 Å². The van der Waals surface area contributed by atoms with Gasteiger partial charge in [0.05, 0.1) is 24.6 Å². The van der Waals surface area contributed by atoms with Crippen LogP contribution in [0, 0.1) is 0 Å². The molecule has 0 aliphatic carbocycles. The lowest BCUT2D eigenvalue weighted by Crippen LogP contribution is -2.35. The van der Waals surface area contributed by atoms with Crippen molar-refractivity contribution in [3.05, 3.63) is 12.1 Å². The predicted octanol–water partition coefficient (Wildman–Crippen LogP) is 1.43. The first-order chi connectivity index (χ1) is 9.97. The fraction of sp³-hybridized carbons (Fsp3) is 0.538. The van der Waals surface area contributed by atoms with Crippen LogP contribution in [0.5, 0.6) is 11.5 Å². The Kier molecular flexibility index (Phi) is 4.79. The maximum atomic E-state index is 12.2. The summed E-state index contributed by atoms with van der Waals surface area (Å²) in [5.74, 6) is 1.04. The van der Waals surface area contributed by atoms with E-state index in [1.165, 1.54) is 4.31 Å². The molecule has 1 heterocycles. The molecular formula is C13H21N3O4S. The van der Waals surface area contributed by atoms with Crippen molar-refractivity contribution < 1.29 is 17.9 Å². The van der Waals surface area contributed by atoms with E-state index in [4.69, 9.17) is 15.2 Å². The van der Waals surface area contributed by atoms with E-state index >= 15 is 0 Å². The summed E-state index contributed by atoms with van der Waals surface area (Å²) in [5, 5.41) is 0. The number of nitrogens with two attached hydrogens (primary N) is 1. The molecule has 0 bridgehead atoms. The van der Waals surface area contributed by atoms with Crippen molar-refractivity contribution in [2.75, 3.05) is 36.8 Å². The second kappa shape index (κ2) is 6.40. The molecule has 2 rings (SSSR count). The summed E-state index contributed by atoms with van der Waals surface area (Å²) in [6, 6.07) is 3.15. The number of nitrogens with zero attached hydrogens (tertiary/aromatic N) is 1. The molecule has 8 heteroatoms. The Hall–Kier alpha value is -1.67. The Bertz CT molecular complexity index is 600. The SMILES string of the molecule is CCN(CC)S(=O)(=O)Nc1cc2c(cc1N)OCCCO2. The lowest BCUT2D eigenvalue weighted by atomic mass is 10.2. The van der Waals surface area contributed by atoms with E-state index in [0.717, 1.165) is 6.42 Å². The summed E-state index contributed by atoms with van der Waals surface area (Å²) < 4.78 is 39.3. The summed E-state index contributed by atoms with van der Waals surface area (Å²) in [5.41, 5.74) is 6.50. The maximum Gasteiger partial charge on any atom is 0.301 e. The van der Waals surface area contributed by atoms with Gasteiger partial charge in [0, 0.05) is 31.6 Å². The molecule has 1 aromatic carbocycles. The van der Waals surface area contributed by atoms with Crippen molar-refractivity contribution in [1.29, 1.82) is 0 Å². The van der Waals surface area contributed by atoms with Gasteiger partial charge in [0.1, 0.15) is 0 Å². The van der Waals surface area contributed by atoms with E-state index < -0.39 is 10.2 Å². The van der Waals surface area contributed by atoms with Crippen LogP contribution in [0.25, 0.3) is 0 Å². The fourth-order valence-electron chi connectivity index (χ4n) is 2.08. The van der Waals surface area contributed by atoms with Crippen LogP contribution in [-0.2, 0) is 10.2 Å². The molecule has 0 atom stereocenters. The average Bonchev–Trinajstić information content (AvgIpc) is 2.65. The number of rotatable bonds is 5. The van der Waals surface area contributed by atoms with Crippen LogP contribution in [0.1, 0.15) is 20.3 Å². The van der Waals surface area contributed by atoms with E-state index in [0.29, 0.717) is 49.2 Å². The van der Waals surface area contributed by atoms with Gasteiger partial charge in [-0.15, -0.1) is 0 Å². The smallest absolute Gasteiger partial charge is 0.301 e. The molecular weight excluding hydrogens is 294 g/mol. The van der Waals surface area contributed by atoms with E-state index in [1.807, 2.05) is 0 Å². The van der Waals surface area contributed by atoms with Crippen molar-refractivity contribution in [1.82, 2.24) is 4.31 Å². The minimum absolute atomic E-state index is 0.297. The monoisotopic (exact) mass is 315 g/mol. The quantitative estimate of drug-likeness (QED) is 0.802. The zero-order chi connectivity index (χ0) is 15.5. The van der Waals surface area contributed by atoms with Crippen LogP contribution in [0.3, 0.4) is 0 Å².